The number of aliphatic carboxylic acids is 1. The number of hydrogen-bond acceptors (Lipinski definition) is 6. The van der Waals surface area contributed by atoms with Crippen LogP contribution in [-0.4, -0.2) is 42.4 Å². The fraction of sp³-hybridized carbons (Fsp3) is 0.273. The van der Waals surface area contributed by atoms with E-state index in [4.69, 9.17) is 9.84 Å². The van der Waals surface area contributed by atoms with Gasteiger partial charge in [0, 0.05) is 23.4 Å². The molecule has 0 fully saturated rings. The van der Waals surface area contributed by atoms with Crippen LogP contribution >= 0.6 is 11.3 Å². The Labute approximate surface area is 197 Å². The summed E-state index contributed by atoms with van der Waals surface area (Å²) in [5, 5.41) is 9.56. The minimum Gasteiger partial charge on any atom is -0.495 e. The third-order valence-electron chi connectivity index (χ3n) is 5.36. The SMILES string of the molecule is COc1ccc(CC(=O)O)cc1S(=O)(=O)N1CCc2nc(-c3ccc(C(F)(F)F)cc3)sc2C1. The van der Waals surface area contributed by atoms with Crippen LogP contribution in [0.15, 0.2) is 47.4 Å². The molecule has 0 amide bonds. The number of carboxylic acids is 1. The van der Waals surface area contributed by atoms with E-state index >= 15 is 0 Å². The van der Waals surface area contributed by atoms with Crippen LogP contribution in [-0.2, 0) is 40.4 Å². The lowest BCUT2D eigenvalue weighted by Crippen LogP contribution is -2.35. The Hall–Kier alpha value is -2.96. The molecule has 0 unspecified atom stereocenters. The number of fused-ring (bicyclic) bond motifs is 1. The molecule has 1 aliphatic rings. The molecule has 0 spiro atoms. The monoisotopic (exact) mass is 512 g/mol. The lowest BCUT2D eigenvalue weighted by atomic mass is 10.1. The zero-order chi connectivity index (χ0) is 24.7. The van der Waals surface area contributed by atoms with Gasteiger partial charge in [-0.05, 0) is 29.8 Å². The van der Waals surface area contributed by atoms with Crippen molar-refractivity contribution in [1.82, 2.24) is 9.29 Å². The Kier molecular flexibility index (Phi) is 6.40. The topological polar surface area (TPSA) is 96.8 Å². The van der Waals surface area contributed by atoms with E-state index in [-0.39, 0.29) is 30.2 Å². The third kappa shape index (κ3) is 4.79. The quantitative estimate of drug-likeness (QED) is 0.532. The molecule has 34 heavy (non-hydrogen) atoms. The molecule has 1 N–H and O–H groups in total. The third-order valence-corrected chi connectivity index (χ3v) is 8.35. The van der Waals surface area contributed by atoms with Crippen molar-refractivity contribution in [3.8, 4) is 16.3 Å². The minimum atomic E-state index is -4.43. The van der Waals surface area contributed by atoms with Crippen molar-refractivity contribution in [2.24, 2.45) is 0 Å². The van der Waals surface area contributed by atoms with Gasteiger partial charge in [-0.15, -0.1) is 11.3 Å². The Morgan fingerprint density at radius 1 is 1.21 bits per heavy atom. The molecule has 12 heteroatoms. The summed E-state index contributed by atoms with van der Waals surface area (Å²) in [4.78, 5) is 16.1. The van der Waals surface area contributed by atoms with E-state index in [0.717, 1.165) is 12.1 Å². The smallest absolute Gasteiger partial charge is 0.416 e. The van der Waals surface area contributed by atoms with Gasteiger partial charge in [0.2, 0.25) is 10.0 Å². The van der Waals surface area contributed by atoms with E-state index in [1.807, 2.05) is 0 Å². The van der Waals surface area contributed by atoms with Gasteiger partial charge in [0.05, 0.1) is 31.3 Å². The summed E-state index contributed by atoms with van der Waals surface area (Å²) in [6.45, 7) is 0.195. The van der Waals surface area contributed by atoms with Gasteiger partial charge in [0.25, 0.3) is 0 Å². The van der Waals surface area contributed by atoms with Crippen LogP contribution in [0.2, 0.25) is 0 Å². The lowest BCUT2D eigenvalue weighted by molar-refractivity contribution is -0.138. The number of methoxy groups -OCH3 is 1. The van der Waals surface area contributed by atoms with Crippen LogP contribution in [0.5, 0.6) is 5.75 Å². The fourth-order valence-corrected chi connectivity index (χ4v) is 6.47. The Balaban J connectivity index is 1.61. The predicted molar refractivity (Wildman–Crippen MR) is 118 cm³/mol. The molecule has 180 valence electrons. The second-order valence-corrected chi connectivity index (χ2v) is 10.6. The number of carbonyl (C=O) groups is 1. The van der Waals surface area contributed by atoms with Crippen molar-refractivity contribution < 1.29 is 36.2 Å². The summed E-state index contributed by atoms with van der Waals surface area (Å²) in [5.41, 5.74) is 0.795. The molecule has 7 nitrogen and oxygen atoms in total. The second-order valence-electron chi connectivity index (χ2n) is 7.61. The molecule has 0 bridgehead atoms. The number of carboxylic acid groups (broad SMARTS) is 1. The molecule has 1 aliphatic heterocycles. The van der Waals surface area contributed by atoms with E-state index in [2.05, 4.69) is 4.98 Å². The van der Waals surface area contributed by atoms with Gasteiger partial charge in [0.1, 0.15) is 15.7 Å². The minimum absolute atomic E-state index is 0.0439. The summed E-state index contributed by atoms with van der Waals surface area (Å²) in [6, 6.07) is 8.90. The van der Waals surface area contributed by atoms with Crippen LogP contribution in [0, 0.1) is 0 Å². The molecule has 1 aromatic heterocycles. The molecular weight excluding hydrogens is 493 g/mol. The molecule has 0 radical (unpaired) electrons. The van der Waals surface area contributed by atoms with Gasteiger partial charge in [-0.25, -0.2) is 13.4 Å². The first-order valence-corrected chi connectivity index (χ1v) is 12.3. The second kappa shape index (κ2) is 9.01. The highest BCUT2D eigenvalue weighted by atomic mass is 32.2. The standard InChI is InChI=1S/C22H19F3N2O5S2/c1-32-17-7-2-13(11-20(28)29)10-19(17)34(30,31)27-9-8-16-18(12-27)33-21(26-16)14-3-5-15(6-4-14)22(23,24)25/h2-7,10H,8-9,11-12H2,1H3,(H,28,29). The average Bonchev–Trinajstić information content (AvgIpc) is 3.21. The number of alkyl halides is 3. The van der Waals surface area contributed by atoms with Gasteiger partial charge in [-0.1, -0.05) is 18.2 Å². The maximum Gasteiger partial charge on any atom is 0.416 e. The number of sulfonamides is 1. The highest BCUT2D eigenvalue weighted by Crippen LogP contribution is 2.37. The fourth-order valence-electron chi connectivity index (χ4n) is 3.65. The van der Waals surface area contributed by atoms with Gasteiger partial charge >= 0.3 is 12.1 Å². The number of hydrogen-bond donors (Lipinski definition) is 1. The number of benzene rings is 2. The zero-order valence-electron chi connectivity index (χ0n) is 17.8. The van der Waals surface area contributed by atoms with Crippen LogP contribution in [0.3, 0.4) is 0 Å². The van der Waals surface area contributed by atoms with Gasteiger partial charge in [-0.2, -0.15) is 17.5 Å². The number of thiazole rings is 1. The summed E-state index contributed by atoms with van der Waals surface area (Å²) < 4.78 is 71.8. The number of aromatic nitrogens is 1. The lowest BCUT2D eigenvalue weighted by Gasteiger charge is -2.26. The molecule has 2 aromatic carbocycles. The molecule has 4 rings (SSSR count). The first kappa shape index (κ1) is 24.2. The molecule has 0 saturated carbocycles. The number of ether oxygens (including phenoxy) is 1. The molecule has 0 aliphatic carbocycles. The maximum absolute atomic E-state index is 13.4. The van der Waals surface area contributed by atoms with Gasteiger partial charge in [0.15, 0.2) is 0 Å². The number of halogens is 3. The molecule has 3 aromatic rings. The molecule has 2 heterocycles. The van der Waals surface area contributed by atoms with Gasteiger partial charge < -0.3 is 9.84 Å². The number of nitrogens with zero attached hydrogens (tertiary/aromatic N) is 2. The highest BCUT2D eigenvalue weighted by Gasteiger charge is 2.33. The molecule has 0 atom stereocenters. The summed E-state index contributed by atoms with van der Waals surface area (Å²) in [5.74, 6) is -0.980. The van der Waals surface area contributed by atoms with Crippen molar-refractivity contribution in [3.05, 3.63) is 64.2 Å². The van der Waals surface area contributed by atoms with Crippen molar-refractivity contribution in [2.75, 3.05) is 13.7 Å². The average molecular weight is 513 g/mol. The van der Waals surface area contributed by atoms with Crippen LogP contribution in [0.25, 0.3) is 10.6 Å². The summed E-state index contributed by atoms with van der Waals surface area (Å²) in [6.07, 6.45) is -4.43. The summed E-state index contributed by atoms with van der Waals surface area (Å²) in [7, 11) is -2.68. The van der Waals surface area contributed by atoms with Crippen molar-refractivity contribution >= 4 is 27.3 Å². The summed E-state index contributed by atoms with van der Waals surface area (Å²) >= 11 is 1.23. The normalized spacial score (nSPS) is 14.6. The van der Waals surface area contributed by atoms with Crippen LogP contribution in [0.4, 0.5) is 13.2 Å². The Morgan fingerprint density at radius 2 is 1.91 bits per heavy atom. The largest absolute Gasteiger partial charge is 0.495 e. The van der Waals surface area contributed by atoms with E-state index in [1.54, 1.807) is 0 Å². The highest BCUT2D eigenvalue weighted by molar-refractivity contribution is 7.89. The van der Waals surface area contributed by atoms with Crippen molar-refractivity contribution in [3.63, 3.8) is 0 Å². The zero-order valence-corrected chi connectivity index (χ0v) is 19.4. The van der Waals surface area contributed by atoms with E-state index in [9.17, 15) is 26.4 Å². The van der Waals surface area contributed by atoms with Crippen molar-refractivity contribution in [1.29, 1.82) is 0 Å². The van der Waals surface area contributed by atoms with Crippen molar-refractivity contribution in [2.45, 2.75) is 30.5 Å². The molecule has 0 saturated heterocycles. The maximum atomic E-state index is 13.4. The number of rotatable bonds is 6. The van der Waals surface area contributed by atoms with E-state index in [1.165, 1.54) is 53.1 Å². The van der Waals surface area contributed by atoms with Gasteiger partial charge in [-0.3, -0.25) is 4.79 Å². The first-order chi connectivity index (χ1) is 16.0. The van der Waals surface area contributed by atoms with Crippen LogP contribution < -0.4 is 4.74 Å². The molecular formula is C22H19F3N2O5S2. The van der Waals surface area contributed by atoms with Crippen LogP contribution in [0.1, 0.15) is 21.7 Å². The predicted octanol–water partition coefficient (Wildman–Crippen LogP) is 4.21. The first-order valence-electron chi connectivity index (χ1n) is 10.0. The van der Waals surface area contributed by atoms with E-state index < -0.39 is 27.7 Å². The Morgan fingerprint density at radius 3 is 2.53 bits per heavy atom. The Bertz CT molecular complexity index is 1340. The van der Waals surface area contributed by atoms with E-state index in [0.29, 0.717) is 33.1 Å².